The van der Waals surface area contributed by atoms with Gasteiger partial charge in [0.25, 0.3) is 0 Å². The van der Waals surface area contributed by atoms with E-state index >= 15 is 0 Å². The molecule has 5 N–H and O–H groups in total. The van der Waals surface area contributed by atoms with E-state index in [4.69, 9.17) is 11.5 Å². The van der Waals surface area contributed by atoms with Crippen LogP contribution in [-0.4, -0.2) is 48.6 Å². The minimum absolute atomic E-state index is 0.223. The van der Waals surface area contributed by atoms with Gasteiger partial charge in [0.1, 0.15) is 0 Å². The fourth-order valence-corrected chi connectivity index (χ4v) is 3.19. The van der Waals surface area contributed by atoms with Gasteiger partial charge in [0, 0.05) is 31.2 Å². The number of amides is 1. The number of piperidine rings is 1. The summed E-state index contributed by atoms with van der Waals surface area (Å²) in [4.78, 5) is 13.0. The highest BCUT2D eigenvalue weighted by molar-refractivity contribution is 5.75. The fourth-order valence-electron chi connectivity index (χ4n) is 3.19. The van der Waals surface area contributed by atoms with Gasteiger partial charge in [0.05, 0.1) is 6.54 Å². The molecule has 0 spiro atoms. The Hall–Kier alpha value is -0.650. The molecular formula is C13H26N4O. The molecule has 2 fully saturated rings. The summed E-state index contributed by atoms with van der Waals surface area (Å²) in [6.07, 6.45) is 7.02. The second kappa shape index (κ2) is 6.50. The van der Waals surface area contributed by atoms with E-state index in [0.717, 1.165) is 32.4 Å². The third-order valence-electron chi connectivity index (χ3n) is 4.15. The van der Waals surface area contributed by atoms with Crippen LogP contribution in [0.2, 0.25) is 0 Å². The van der Waals surface area contributed by atoms with E-state index < -0.39 is 0 Å². The minimum atomic E-state index is -0.223. The molecule has 18 heavy (non-hydrogen) atoms. The first-order valence-electron chi connectivity index (χ1n) is 7.16. The van der Waals surface area contributed by atoms with Crippen molar-refractivity contribution in [2.24, 2.45) is 11.5 Å². The zero-order chi connectivity index (χ0) is 13.0. The highest BCUT2D eigenvalue weighted by Gasteiger charge is 2.25. The normalized spacial score (nSPS) is 31.4. The van der Waals surface area contributed by atoms with E-state index in [1.165, 1.54) is 19.3 Å². The first-order valence-corrected chi connectivity index (χ1v) is 7.16. The van der Waals surface area contributed by atoms with E-state index in [0.29, 0.717) is 24.7 Å². The number of primary amides is 1. The zero-order valence-electron chi connectivity index (χ0n) is 11.1. The smallest absolute Gasteiger partial charge is 0.231 e. The second-order valence-electron chi connectivity index (χ2n) is 5.81. The number of nitrogens with two attached hydrogens (primary N) is 2. The monoisotopic (exact) mass is 254 g/mol. The molecule has 1 saturated carbocycles. The molecular weight excluding hydrogens is 228 g/mol. The van der Waals surface area contributed by atoms with Gasteiger partial charge in [-0.25, -0.2) is 0 Å². The Kier molecular flexibility index (Phi) is 4.97. The molecule has 5 heteroatoms. The summed E-state index contributed by atoms with van der Waals surface area (Å²) in [6, 6.07) is 1.57. The van der Waals surface area contributed by atoms with Crippen molar-refractivity contribution >= 4 is 5.91 Å². The van der Waals surface area contributed by atoms with Crippen molar-refractivity contribution < 1.29 is 4.79 Å². The summed E-state index contributed by atoms with van der Waals surface area (Å²) in [5.74, 6) is -0.223. The number of nitrogens with one attached hydrogen (secondary N) is 1. The highest BCUT2D eigenvalue weighted by Crippen LogP contribution is 2.19. The van der Waals surface area contributed by atoms with Crippen molar-refractivity contribution in [1.82, 2.24) is 10.2 Å². The van der Waals surface area contributed by atoms with E-state index in [2.05, 4.69) is 10.2 Å². The number of nitrogens with zero attached hydrogens (tertiary/aromatic N) is 1. The van der Waals surface area contributed by atoms with Crippen LogP contribution in [-0.2, 0) is 4.79 Å². The van der Waals surface area contributed by atoms with Gasteiger partial charge in [-0.15, -0.1) is 0 Å². The Morgan fingerprint density at radius 2 is 1.89 bits per heavy atom. The number of hydrogen-bond acceptors (Lipinski definition) is 4. The first kappa shape index (κ1) is 13.8. The third kappa shape index (κ3) is 4.23. The number of carbonyl (C=O) groups is 1. The van der Waals surface area contributed by atoms with Gasteiger partial charge in [0.15, 0.2) is 0 Å². The lowest BCUT2D eigenvalue weighted by molar-refractivity contribution is -0.119. The Balaban J connectivity index is 1.68. The SMILES string of the molecule is NC(=O)CN1CCC(NC2CCCC(N)C2)CC1. The minimum Gasteiger partial charge on any atom is -0.369 e. The Morgan fingerprint density at radius 1 is 1.17 bits per heavy atom. The van der Waals surface area contributed by atoms with Crippen LogP contribution < -0.4 is 16.8 Å². The van der Waals surface area contributed by atoms with Crippen LogP contribution in [0.4, 0.5) is 0 Å². The number of hydrogen-bond donors (Lipinski definition) is 3. The Bertz CT molecular complexity index is 276. The summed E-state index contributed by atoms with van der Waals surface area (Å²) in [5.41, 5.74) is 11.2. The van der Waals surface area contributed by atoms with Crippen molar-refractivity contribution in [3.05, 3.63) is 0 Å². The lowest BCUT2D eigenvalue weighted by Crippen LogP contribution is -2.49. The van der Waals surface area contributed by atoms with Crippen molar-refractivity contribution in [2.75, 3.05) is 19.6 Å². The van der Waals surface area contributed by atoms with E-state index in [1.807, 2.05) is 0 Å². The molecule has 0 aromatic rings. The molecule has 0 aromatic heterocycles. The van der Waals surface area contributed by atoms with Crippen LogP contribution in [0.1, 0.15) is 38.5 Å². The molecule has 1 amide bonds. The van der Waals surface area contributed by atoms with Gasteiger partial charge in [-0.2, -0.15) is 0 Å². The summed E-state index contributed by atoms with van der Waals surface area (Å²) in [7, 11) is 0. The molecule has 2 unspecified atom stereocenters. The van der Waals surface area contributed by atoms with Gasteiger partial charge in [-0.3, -0.25) is 9.69 Å². The number of carbonyl (C=O) groups excluding carboxylic acids is 1. The van der Waals surface area contributed by atoms with Gasteiger partial charge >= 0.3 is 0 Å². The first-order chi connectivity index (χ1) is 8.63. The molecule has 1 aliphatic carbocycles. The second-order valence-corrected chi connectivity index (χ2v) is 5.81. The van der Waals surface area contributed by atoms with Crippen molar-refractivity contribution in [3.63, 3.8) is 0 Å². The maximum absolute atomic E-state index is 10.9. The fraction of sp³-hybridized carbons (Fsp3) is 0.923. The van der Waals surface area contributed by atoms with E-state index in [9.17, 15) is 4.79 Å². The van der Waals surface area contributed by atoms with Crippen LogP contribution in [0.5, 0.6) is 0 Å². The van der Waals surface area contributed by atoms with Crippen LogP contribution >= 0.6 is 0 Å². The Morgan fingerprint density at radius 3 is 2.50 bits per heavy atom. The average molecular weight is 254 g/mol. The molecule has 0 bridgehead atoms. The summed E-state index contributed by atoms with van der Waals surface area (Å²) in [5, 5.41) is 3.74. The Labute approximate surface area is 109 Å². The number of likely N-dealkylation sites (tertiary alicyclic amines) is 1. The van der Waals surface area contributed by atoms with Crippen molar-refractivity contribution in [3.8, 4) is 0 Å². The lowest BCUT2D eigenvalue weighted by Gasteiger charge is -2.36. The maximum Gasteiger partial charge on any atom is 0.231 e. The number of rotatable bonds is 4. The largest absolute Gasteiger partial charge is 0.369 e. The van der Waals surface area contributed by atoms with Gasteiger partial charge < -0.3 is 16.8 Å². The zero-order valence-corrected chi connectivity index (χ0v) is 11.1. The maximum atomic E-state index is 10.9. The molecule has 2 aliphatic rings. The quantitative estimate of drug-likeness (QED) is 0.648. The predicted octanol–water partition coefficient (Wildman–Crippen LogP) is -0.204. The third-order valence-corrected chi connectivity index (χ3v) is 4.15. The molecule has 0 aromatic carbocycles. The molecule has 1 saturated heterocycles. The van der Waals surface area contributed by atoms with Crippen molar-refractivity contribution in [2.45, 2.75) is 56.7 Å². The van der Waals surface area contributed by atoms with Gasteiger partial charge in [0.2, 0.25) is 5.91 Å². The molecule has 2 atom stereocenters. The predicted molar refractivity (Wildman–Crippen MR) is 72.0 cm³/mol. The van der Waals surface area contributed by atoms with Crippen LogP contribution in [0.25, 0.3) is 0 Å². The lowest BCUT2D eigenvalue weighted by atomic mass is 9.90. The summed E-state index contributed by atoms with van der Waals surface area (Å²) < 4.78 is 0. The molecule has 1 aliphatic heterocycles. The topological polar surface area (TPSA) is 84.4 Å². The average Bonchev–Trinajstić information content (AvgIpc) is 2.31. The van der Waals surface area contributed by atoms with Crippen LogP contribution in [0.3, 0.4) is 0 Å². The molecule has 0 radical (unpaired) electrons. The summed E-state index contributed by atoms with van der Waals surface area (Å²) >= 11 is 0. The van der Waals surface area contributed by atoms with E-state index in [-0.39, 0.29) is 5.91 Å². The standard InChI is InChI=1S/C13H26N4O/c14-10-2-1-3-12(8-10)16-11-4-6-17(7-5-11)9-13(15)18/h10-12,16H,1-9,14H2,(H2,15,18). The van der Waals surface area contributed by atoms with Crippen LogP contribution in [0, 0.1) is 0 Å². The molecule has 5 nitrogen and oxygen atoms in total. The highest BCUT2D eigenvalue weighted by atomic mass is 16.1. The van der Waals surface area contributed by atoms with Crippen molar-refractivity contribution in [1.29, 1.82) is 0 Å². The van der Waals surface area contributed by atoms with E-state index in [1.54, 1.807) is 0 Å². The molecule has 2 rings (SSSR count). The van der Waals surface area contributed by atoms with Gasteiger partial charge in [-0.05, 0) is 32.1 Å². The summed E-state index contributed by atoms with van der Waals surface area (Å²) in [6.45, 7) is 2.35. The molecule has 104 valence electrons. The van der Waals surface area contributed by atoms with Gasteiger partial charge in [-0.1, -0.05) is 6.42 Å². The molecule has 1 heterocycles. The van der Waals surface area contributed by atoms with Crippen LogP contribution in [0.15, 0.2) is 0 Å².